The van der Waals surface area contributed by atoms with E-state index in [-0.39, 0.29) is 82.4 Å². The van der Waals surface area contributed by atoms with Crippen LogP contribution in [0.1, 0.15) is 122 Å². The molecule has 82 heavy (non-hydrogen) atoms. The molecule has 7 aliphatic rings. The smallest absolute Gasteiger partial charge is 0.312 e. The first kappa shape index (κ1) is 59.4. The molecule has 1 saturated carbocycles. The lowest BCUT2D eigenvalue weighted by atomic mass is 9.78. The van der Waals surface area contributed by atoms with E-state index in [4.69, 9.17) is 28.8 Å². The molecule has 1 unspecified atom stereocenters. The van der Waals surface area contributed by atoms with E-state index in [0.29, 0.717) is 42.9 Å². The monoisotopic (exact) mass is 1140 g/mol. The number of likely N-dealkylation sites (tertiary alicyclic amines) is 1. The number of nitrogens with one attached hydrogen (secondary N) is 2. The Morgan fingerprint density at radius 2 is 1.65 bits per heavy atom. The number of anilines is 1. The number of aliphatic hydroxyl groups is 2. The molecular formula is C60H74FN7O14. The standard InChI is InChI=1S/C60H74FN7O14/c1-28-13-12-14-29(2)59(77)63-46-47(66-20-17-37(18-21-66)62-24-36-26-67(27-41(36)65-79-11)58-40(61)23-39-49(71)30(3)25-68(38-15-16-38)57(39)64-58)53(75)43-44(52(46)74)51(73)34(7)55-45(43)56(76)60(9,82-55)80-22-19-42(78-10)31(4)54(81-35(8)69)33(6)50(72)32(5)48(28)70/h12-14,19,22-23,25,28,31-33,36-38,42,48,50,54,62,70,72-73H,15-18,20-21,24,26-27H2,1-11H3,(H,63,77)/b13-12+,22-19+,29-14-,65-41-/t28-,31+,32+,33+,36?,42-,48-,50+,54+,60-/m0/s1. The number of aryl methyl sites for hydroxylation is 1. The number of aromatic hydroxyl groups is 1. The first-order valence-corrected chi connectivity index (χ1v) is 28.0. The number of allylic oxidation sites excluding steroid dienone is 4. The molecule has 2 aliphatic carbocycles. The Morgan fingerprint density at radius 3 is 2.30 bits per heavy atom. The summed E-state index contributed by atoms with van der Waals surface area (Å²) in [5.41, 5.74) is -0.365. The molecule has 5 aliphatic heterocycles. The zero-order valence-electron chi connectivity index (χ0n) is 48.2. The quantitative estimate of drug-likeness (QED) is 0.128. The van der Waals surface area contributed by atoms with Gasteiger partial charge >= 0.3 is 11.8 Å². The topological polar surface area (TPSA) is 270 Å². The number of phenolic OH excluding ortho intramolecular Hbond substituents is 1. The first-order chi connectivity index (χ1) is 38.9. The van der Waals surface area contributed by atoms with Gasteiger partial charge in [0.05, 0.1) is 58.9 Å². The molecule has 440 valence electrons. The number of methoxy groups -OCH3 is 1. The summed E-state index contributed by atoms with van der Waals surface area (Å²) in [7, 11) is 2.86. The van der Waals surface area contributed by atoms with Gasteiger partial charge in [-0.3, -0.25) is 28.8 Å². The van der Waals surface area contributed by atoms with Crippen molar-refractivity contribution in [1.29, 1.82) is 0 Å². The number of piperidine rings is 1. The number of halogens is 1. The maximum Gasteiger partial charge on any atom is 0.312 e. The lowest BCUT2D eigenvalue weighted by Gasteiger charge is -2.38. The molecule has 1 aromatic carbocycles. The Hall–Kier alpha value is -7.27. The van der Waals surface area contributed by atoms with Crippen LogP contribution in [0.25, 0.3) is 11.0 Å². The Balaban J connectivity index is 1.01. The van der Waals surface area contributed by atoms with Crippen LogP contribution in [0.2, 0.25) is 0 Å². The minimum Gasteiger partial charge on any atom is -0.507 e. The molecule has 21 nitrogen and oxygen atoms in total. The predicted molar refractivity (Wildman–Crippen MR) is 300 cm³/mol. The summed E-state index contributed by atoms with van der Waals surface area (Å²) in [5, 5.41) is 45.9. The summed E-state index contributed by atoms with van der Waals surface area (Å²) in [5.74, 6) is -10.3. The van der Waals surface area contributed by atoms with E-state index >= 15 is 14.0 Å². The minimum absolute atomic E-state index is 0.0321. The van der Waals surface area contributed by atoms with Crippen LogP contribution in [0.5, 0.6) is 11.5 Å². The highest BCUT2D eigenvalue weighted by Crippen LogP contribution is 2.49. The van der Waals surface area contributed by atoms with Gasteiger partial charge in [0, 0.05) is 112 Å². The molecule has 22 heteroatoms. The number of pyridine rings is 2. The Kier molecular flexibility index (Phi) is 17.0. The van der Waals surface area contributed by atoms with Crippen LogP contribution < -0.4 is 25.7 Å². The van der Waals surface area contributed by atoms with Crippen molar-refractivity contribution in [3.8, 4) is 11.5 Å². The van der Waals surface area contributed by atoms with Crippen molar-refractivity contribution in [3.63, 3.8) is 0 Å². The number of benzene rings is 1. The molecule has 1 amide bonds. The summed E-state index contributed by atoms with van der Waals surface area (Å²) < 4.78 is 41.8. The average Bonchev–Trinajstić information content (AvgIpc) is 1.76. The summed E-state index contributed by atoms with van der Waals surface area (Å²) in [4.78, 5) is 98.5. The fraction of sp³-hybridized carbons (Fsp3) is 0.533. The number of aromatic nitrogens is 2. The van der Waals surface area contributed by atoms with Crippen molar-refractivity contribution in [2.75, 3.05) is 51.8 Å². The molecule has 3 aromatic rings. The molecule has 5 bridgehead atoms. The second-order valence-electron chi connectivity index (χ2n) is 23.0. The van der Waals surface area contributed by atoms with Crippen LogP contribution in [0.4, 0.5) is 10.2 Å². The van der Waals surface area contributed by atoms with Crippen LogP contribution in [-0.2, 0) is 28.6 Å². The van der Waals surface area contributed by atoms with Gasteiger partial charge in [0.1, 0.15) is 41.8 Å². The van der Waals surface area contributed by atoms with Gasteiger partial charge in [-0.2, -0.15) is 0 Å². The molecule has 5 N–H and O–H groups in total. The van der Waals surface area contributed by atoms with Gasteiger partial charge in [0.2, 0.25) is 11.6 Å². The molecule has 7 heterocycles. The van der Waals surface area contributed by atoms with Crippen molar-refractivity contribution in [2.24, 2.45) is 34.7 Å². The number of nitrogens with zero attached hydrogens (tertiary/aromatic N) is 5. The summed E-state index contributed by atoms with van der Waals surface area (Å²) in [6, 6.07) is 1.33. The Bertz CT molecular complexity index is 3320. The van der Waals surface area contributed by atoms with Gasteiger partial charge < -0.3 is 64.1 Å². The van der Waals surface area contributed by atoms with Crippen molar-refractivity contribution in [3.05, 3.63) is 104 Å². The van der Waals surface area contributed by atoms with Gasteiger partial charge in [0.25, 0.3) is 11.7 Å². The highest BCUT2D eigenvalue weighted by molar-refractivity contribution is 6.32. The van der Waals surface area contributed by atoms with Gasteiger partial charge in [-0.15, -0.1) is 0 Å². The number of ketones is 3. The number of Topliss-reactive ketones (excluding diaryl/α,β-unsaturated/α-hetero) is 3. The third-order valence-corrected chi connectivity index (χ3v) is 17.2. The maximum absolute atomic E-state index is 16.0. The second kappa shape index (κ2) is 23.5. The molecule has 2 saturated heterocycles. The van der Waals surface area contributed by atoms with Crippen LogP contribution in [0.3, 0.4) is 0 Å². The fourth-order valence-corrected chi connectivity index (χ4v) is 12.1. The predicted octanol–water partition coefficient (Wildman–Crippen LogP) is 5.64. The summed E-state index contributed by atoms with van der Waals surface area (Å²) >= 11 is 0. The van der Waals surface area contributed by atoms with Gasteiger partial charge in [-0.25, -0.2) is 9.37 Å². The molecular weight excluding hydrogens is 1060 g/mol. The van der Waals surface area contributed by atoms with Gasteiger partial charge in [0.15, 0.2) is 17.1 Å². The number of carbonyl (C=O) groups is 5. The van der Waals surface area contributed by atoms with Crippen LogP contribution in [0.15, 0.2) is 69.7 Å². The zero-order valence-corrected chi connectivity index (χ0v) is 48.2. The fourth-order valence-electron chi connectivity index (χ4n) is 12.1. The number of ether oxygens (including phenoxy) is 4. The normalized spacial score (nSPS) is 30.5. The zero-order chi connectivity index (χ0) is 59.4. The molecule has 2 aromatic heterocycles. The third-order valence-electron chi connectivity index (χ3n) is 17.2. The van der Waals surface area contributed by atoms with Crippen LogP contribution >= 0.6 is 0 Å². The van der Waals surface area contributed by atoms with Crippen molar-refractivity contribution < 1.29 is 67.5 Å². The van der Waals surface area contributed by atoms with Gasteiger partial charge in [-0.05, 0) is 58.6 Å². The number of carbonyl (C=O) groups excluding carboxylic acids is 5. The molecule has 0 spiro atoms. The SMILES string of the molecule is CO/N=C1/CN(c2nc3c(cc2F)c(=O)c(C)cn3C2CC2)CC1CNC1CCN(C2=C3NC(=O)/C(C)=C\C=C\[C@H](C)[C@H](O)[C@@H](C)[C@@H](O)[C@@H](C)[C@H](OC(C)=O)[C@H](C)[C@@H](OC)/C=C/O[C@@]4(C)Oc5c(C)c(O)c(c(c5C4=O)C2=O)C3=O)CC1. The Labute approximate surface area is 474 Å². The number of hydrogen-bond acceptors (Lipinski definition) is 19. The lowest BCUT2D eigenvalue weighted by molar-refractivity contribution is -0.160. The number of rotatable bonds is 9. The molecule has 3 fully saturated rings. The number of oxime groups is 1. The van der Waals surface area contributed by atoms with E-state index in [1.807, 2.05) is 4.57 Å². The molecule has 10 atom stereocenters. The number of esters is 1. The number of amides is 1. The number of aliphatic hydroxyl groups excluding tert-OH is 2. The van der Waals surface area contributed by atoms with E-state index in [1.165, 1.54) is 66.4 Å². The van der Waals surface area contributed by atoms with Crippen molar-refractivity contribution in [1.82, 2.24) is 25.1 Å². The van der Waals surface area contributed by atoms with E-state index < -0.39 is 111 Å². The van der Waals surface area contributed by atoms with Crippen LogP contribution in [-0.4, -0.2) is 148 Å². The number of fused-ring (bicyclic) bond motifs is 15. The summed E-state index contributed by atoms with van der Waals surface area (Å²) in [6.45, 7) is 15.4. The number of phenols is 1. The van der Waals surface area contributed by atoms with Crippen molar-refractivity contribution >= 4 is 51.8 Å². The molecule has 0 radical (unpaired) electrons. The van der Waals surface area contributed by atoms with Crippen molar-refractivity contribution in [2.45, 2.75) is 130 Å². The maximum atomic E-state index is 16.0. The van der Waals surface area contributed by atoms with E-state index in [9.17, 15) is 34.5 Å². The minimum atomic E-state index is -2.15. The average molecular weight is 1140 g/mol. The lowest BCUT2D eigenvalue weighted by Crippen LogP contribution is -2.48. The Morgan fingerprint density at radius 1 is 0.939 bits per heavy atom. The first-order valence-electron chi connectivity index (χ1n) is 28.0. The summed E-state index contributed by atoms with van der Waals surface area (Å²) in [6.07, 6.45) is 7.80. The third kappa shape index (κ3) is 11.1. The molecule has 10 rings (SSSR count). The van der Waals surface area contributed by atoms with Crippen LogP contribution in [0, 0.1) is 49.3 Å². The van der Waals surface area contributed by atoms with E-state index in [1.54, 1.807) is 62.8 Å². The van der Waals surface area contributed by atoms with E-state index in [2.05, 4.69) is 15.8 Å². The van der Waals surface area contributed by atoms with Gasteiger partial charge in [-0.1, -0.05) is 51.1 Å². The highest BCUT2D eigenvalue weighted by Gasteiger charge is 2.53. The van der Waals surface area contributed by atoms with E-state index in [0.717, 1.165) is 12.8 Å². The largest absolute Gasteiger partial charge is 0.507 e. The highest BCUT2D eigenvalue weighted by atomic mass is 19.1. The second-order valence-corrected chi connectivity index (χ2v) is 23.0. The number of hydrogen-bond donors (Lipinski definition) is 5.